The van der Waals surface area contributed by atoms with Crippen molar-refractivity contribution in [3.05, 3.63) is 132 Å². The molecule has 0 atom stereocenters. The van der Waals surface area contributed by atoms with Gasteiger partial charge in [0, 0.05) is 9.52 Å². The van der Waals surface area contributed by atoms with E-state index in [-0.39, 0.29) is 5.41 Å². The number of rotatable bonds is 5. The number of halogens is 2. The van der Waals surface area contributed by atoms with Crippen molar-refractivity contribution in [2.45, 2.75) is 72.4 Å². The molecule has 0 nitrogen and oxygen atoms in total. The molecule has 0 aliphatic heterocycles. The Bertz CT molecular complexity index is 1700. The van der Waals surface area contributed by atoms with Crippen molar-refractivity contribution >= 4 is 48.1 Å². The van der Waals surface area contributed by atoms with Crippen molar-refractivity contribution in [3.8, 4) is 22.3 Å². The van der Waals surface area contributed by atoms with Crippen molar-refractivity contribution in [1.82, 2.24) is 0 Å². The SMILES string of the molecule is CC(C)(C)c1ccc(-c2cccc3[cH-]ccc23)cc1.CCCc1cc2c(-c3ccc(CC)cc3)cccc2[cH-]1.C[Si]C.[Cl][Zr+2][Cl]. The normalized spacial score (nSPS) is 10.6. The summed E-state index contributed by atoms with van der Waals surface area (Å²) in [5.41, 5.74) is 9.74. The summed E-state index contributed by atoms with van der Waals surface area (Å²) in [6.45, 7) is 15.5. The fraction of sp³-hybridized carbons (Fsp3) is 0.268. The molecule has 0 saturated heterocycles. The first-order chi connectivity index (χ1) is 21.7. The Balaban J connectivity index is 0.000000209. The second kappa shape index (κ2) is 18.8. The Kier molecular flexibility index (Phi) is 15.6. The molecule has 232 valence electrons. The van der Waals surface area contributed by atoms with Crippen molar-refractivity contribution in [3.63, 3.8) is 0 Å². The van der Waals surface area contributed by atoms with Crippen molar-refractivity contribution in [1.29, 1.82) is 0 Å². The van der Waals surface area contributed by atoms with E-state index in [0.717, 1.165) is 15.9 Å². The molecule has 0 spiro atoms. The van der Waals surface area contributed by atoms with Crippen LogP contribution in [0.25, 0.3) is 43.8 Å². The zero-order valence-corrected chi connectivity index (χ0v) is 32.8. The van der Waals surface area contributed by atoms with Gasteiger partial charge >= 0.3 is 37.9 Å². The molecule has 0 aliphatic carbocycles. The molecule has 0 aliphatic rings. The summed E-state index contributed by atoms with van der Waals surface area (Å²) in [4.78, 5) is 0. The average Bonchev–Trinajstić information content (AvgIpc) is 3.69. The van der Waals surface area contributed by atoms with Gasteiger partial charge in [0.05, 0.1) is 0 Å². The first-order valence-electron chi connectivity index (χ1n) is 15.8. The third-order valence-corrected chi connectivity index (χ3v) is 7.76. The Morgan fingerprint density at radius 1 is 0.711 bits per heavy atom. The van der Waals surface area contributed by atoms with Crippen molar-refractivity contribution in [2.75, 3.05) is 0 Å². The molecule has 0 saturated carbocycles. The predicted molar refractivity (Wildman–Crippen MR) is 201 cm³/mol. The van der Waals surface area contributed by atoms with E-state index in [0.29, 0.717) is 0 Å². The van der Waals surface area contributed by atoms with Gasteiger partial charge in [-0.25, -0.2) is 0 Å². The van der Waals surface area contributed by atoms with Crippen LogP contribution in [-0.4, -0.2) is 9.52 Å². The van der Waals surface area contributed by atoms with Gasteiger partial charge in [-0.05, 0) is 40.5 Å². The van der Waals surface area contributed by atoms with E-state index in [4.69, 9.17) is 17.0 Å². The minimum atomic E-state index is -0.826. The van der Waals surface area contributed by atoms with Gasteiger partial charge in [0.1, 0.15) is 0 Å². The van der Waals surface area contributed by atoms with Crippen LogP contribution in [0.5, 0.6) is 0 Å². The van der Waals surface area contributed by atoms with Crippen LogP contribution in [0.2, 0.25) is 13.1 Å². The third-order valence-electron chi connectivity index (χ3n) is 7.76. The first-order valence-corrected chi connectivity index (χ1v) is 24.1. The van der Waals surface area contributed by atoms with Crippen LogP contribution in [0, 0.1) is 0 Å². The van der Waals surface area contributed by atoms with Gasteiger partial charge in [0.25, 0.3) is 0 Å². The van der Waals surface area contributed by atoms with Crippen molar-refractivity contribution < 1.29 is 20.8 Å². The minimum absolute atomic E-state index is 0.213. The zero-order chi connectivity index (χ0) is 32.8. The summed E-state index contributed by atoms with van der Waals surface area (Å²) in [7, 11) is 11.0. The molecular weight excluding hydrogens is 683 g/mol. The van der Waals surface area contributed by atoms with Crippen LogP contribution in [0.15, 0.2) is 115 Å². The zero-order valence-electron chi connectivity index (χ0n) is 27.8. The number of fused-ring (bicyclic) bond motifs is 2. The number of hydrogen-bond acceptors (Lipinski definition) is 0. The molecule has 6 aromatic carbocycles. The van der Waals surface area contributed by atoms with Crippen LogP contribution >= 0.6 is 17.0 Å². The molecule has 0 fully saturated rings. The Morgan fingerprint density at radius 2 is 1.24 bits per heavy atom. The van der Waals surface area contributed by atoms with Crippen LogP contribution in [0.3, 0.4) is 0 Å². The van der Waals surface area contributed by atoms with Gasteiger partial charge in [0.15, 0.2) is 0 Å². The molecule has 6 aromatic rings. The second-order valence-corrected chi connectivity index (χ2v) is 16.9. The summed E-state index contributed by atoms with van der Waals surface area (Å²) < 4.78 is 0. The van der Waals surface area contributed by atoms with Gasteiger partial charge in [-0.15, -0.1) is 63.5 Å². The van der Waals surface area contributed by atoms with Crippen LogP contribution in [0.4, 0.5) is 0 Å². The van der Waals surface area contributed by atoms with E-state index in [1.165, 1.54) is 73.3 Å². The summed E-state index contributed by atoms with van der Waals surface area (Å²) in [6, 6.07) is 42.3. The van der Waals surface area contributed by atoms with E-state index >= 15 is 0 Å². The Hall–Kier alpha value is -2.22. The van der Waals surface area contributed by atoms with E-state index < -0.39 is 20.8 Å². The summed E-state index contributed by atoms with van der Waals surface area (Å²) in [5, 5.41) is 5.41. The molecule has 0 amide bonds. The predicted octanol–water partition coefficient (Wildman–Crippen LogP) is 13.4. The van der Waals surface area contributed by atoms with Crippen LogP contribution in [-0.2, 0) is 39.1 Å². The van der Waals surface area contributed by atoms with Crippen LogP contribution in [0.1, 0.15) is 57.7 Å². The quantitative estimate of drug-likeness (QED) is 0.122. The summed E-state index contributed by atoms with van der Waals surface area (Å²) in [5.74, 6) is 0. The molecule has 0 bridgehead atoms. The maximum atomic E-state index is 4.93. The van der Waals surface area contributed by atoms with Gasteiger partial charge in [-0.1, -0.05) is 126 Å². The molecule has 4 heteroatoms. The fourth-order valence-corrected chi connectivity index (χ4v) is 5.47. The topological polar surface area (TPSA) is 0 Å². The number of benzene rings is 4. The van der Waals surface area contributed by atoms with E-state index in [1.807, 2.05) is 0 Å². The molecule has 0 aromatic heterocycles. The molecule has 0 unspecified atom stereocenters. The van der Waals surface area contributed by atoms with Gasteiger partial charge in [-0.2, -0.15) is 18.2 Å². The number of hydrogen-bond donors (Lipinski definition) is 0. The summed E-state index contributed by atoms with van der Waals surface area (Å²) in [6.07, 6.45) is 3.47. The third kappa shape index (κ3) is 10.7. The second-order valence-electron chi connectivity index (χ2n) is 12.2. The molecule has 45 heavy (non-hydrogen) atoms. The molecule has 2 radical (unpaired) electrons. The van der Waals surface area contributed by atoms with Gasteiger partial charge < -0.3 is 0 Å². The standard InChI is InChI=1S/C20H21.C19H19.C2H6Si.2ClH.Zr/c1-3-6-16-13-18-7-5-8-19(20(18)14-16)17-11-9-15(4-2)10-12-17;1-19(2,3)16-12-10-15(11-13-16)18-9-5-7-14-6-4-8-17(14)18;1-3-2;;;/h5,7-14H,3-4,6H2,1-2H3;4-13H,1-3H3;1-2H3;2*1H;/q2*-1;;;;+4/p-2. The van der Waals surface area contributed by atoms with E-state index in [1.54, 1.807) is 0 Å². The molecule has 6 rings (SSSR count). The molecule has 0 N–H and O–H groups in total. The van der Waals surface area contributed by atoms with E-state index in [9.17, 15) is 0 Å². The monoisotopic (exact) mass is 726 g/mol. The molecule has 0 heterocycles. The first kappa shape index (κ1) is 37.2. The summed E-state index contributed by atoms with van der Waals surface area (Å²) >= 11 is -0.826. The Morgan fingerprint density at radius 3 is 1.78 bits per heavy atom. The molecular formula is C41H46Cl2SiZr. The van der Waals surface area contributed by atoms with Gasteiger partial charge in [0.2, 0.25) is 0 Å². The van der Waals surface area contributed by atoms with Gasteiger partial charge in [-0.3, -0.25) is 0 Å². The Labute approximate surface area is 293 Å². The fourth-order valence-electron chi connectivity index (χ4n) is 5.47. The average molecular weight is 729 g/mol. The van der Waals surface area contributed by atoms with E-state index in [2.05, 4.69) is 163 Å². The van der Waals surface area contributed by atoms with Crippen LogP contribution < -0.4 is 0 Å². The number of aryl methyl sites for hydroxylation is 2. The maximum absolute atomic E-state index is 4.93. The van der Waals surface area contributed by atoms with Crippen molar-refractivity contribution in [2.24, 2.45) is 0 Å².